The summed E-state index contributed by atoms with van der Waals surface area (Å²) >= 11 is 0. The molecule has 176 valence electrons. The molecule has 6 rings (SSSR count). The average molecular weight is 457 g/mol. The van der Waals surface area contributed by atoms with Gasteiger partial charge in [0.1, 0.15) is 0 Å². The Morgan fingerprint density at radius 3 is 2.38 bits per heavy atom. The molecular formula is C28H32N4O2. The summed E-state index contributed by atoms with van der Waals surface area (Å²) < 4.78 is 4.20. The minimum Gasteiger partial charge on any atom is -0.346 e. The van der Waals surface area contributed by atoms with Gasteiger partial charge in [0, 0.05) is 42.8 Å². The highest BCUT2D eigenvalue weighted by molar-refractivity contribution is 6.07. The molecule has 34 heavy (non-hydrogen) atoms. The summed E-state index contributed by atoms with van der Waals surface area (Å²) in [4.78, 5) is 31.2. The Balaban J connectivity index is 1.22. The Bertz CT molecular complexity index is 1380. The predicted molar refractivity (Wildman–Crippen MR) is 135 cm³/mol. The first-order chi connectivity index (χ1) is 16.7. The van der Waals surface area contributed by atoms with E-state index < -0.39 is 0 Å². The van der Waals surface area contributed by atoms with Crippen molar-refractivity contribution in [2.45, 2.75) is 57.5 Å². The monoisotopic (exact) mass is 456 g/mol. The van der Waals surface area contributed by atoms with Crippen LogP contribution in [-0.4, -0.2) is 38.0 Å². The first-order valence-electron chi connectivity index (χ1n) is 12.8. The van der Waals surface area contributed by atoms with E-state index in [0.717, 1.165) is 46.9 Å². The van der Waals surface area contributed by atoms with Gasteiger partial charge in [0.05, 0.1) is 16.6 Å². The van der Waals surface area contributed by atoms with Crippen LogP contribution in [0.1, 0.15) is 61.3 Å². The normalized spacial score (nSPS) is 18.2. The van der Waals surface area contributed by atoms with E-state index in [1.807, 2.05) is 39.8 Å². The van der Waals surface area contributed by atoms with E-state index in [1.165, 1.54) is 32.1 Å². The number of hydrogen-bond acceptors (Lipinski definition) is 2. The quantitative estimate of drug-likeness (QED) is 0.450. The number of H-pyrrole nitrogens is 1. The van der Waals surface area contributed by atoms with Gasteiger partial charge in [-0.25, -0.2) is 4.79 Å². The summed E-state index contributed by atoms with van der Waals surface area (Å²) in [6.07, 6.45) is 10.2. The zero-order valence-corrected chi connectivity index (χ0v) is 19.6. The van der Waals surface area contributed by atoms with Crippen molar-refractivity contribution in [3.63, 3.8) is 0 Å². The lowest BCUT2D eigenvalue weighted by Crippen LogP contribution is -2.40. The summed E-state index contributed by atoms with van der Waals surface area (Å²) in [5, 5.41) is 1.05. The van der Waals surface area contributed by atoms with E-state index >= 15 is 0 Å². The molecule has 0 unspecified atom stereocenters. The van der Waals surface area contributed by atoms with Crippen LogP contribution >= 0.6 is 0 Å². The molecule has 1 N–H and O–H groups in total. The van der Waals surface area contributed by atoms with Crippen LogP contribution in [0.4, 0.5) is 0 Å². The van der Waals surface area contributed by atoms with Gasteiger partial charge in [-0.3, -0.25) is 9.36 Å². The Hall–Kier alpha value is -3.28. The summed E-state index contributed by atoms with van der Waals surface area (Å²) in [6, 6.07) is 16.3. The molecule has 1 saturated carbocycles. The number of nitrogens with zero attached hydrogens (tertiary/aromatic N) is 3. The van der Waals surface area contributed by atoms with Crippen LogP contribution in [0, 0.1) is 5.92 Å². The largest absolute Gasteiger partial charge is 0.346 e. The molecule has 0 atom stereocenters. The van der Waals surface area contributed by atoms with E-state index in [-0.39, 0.29) is 17.6 Å². The molecule has 2 aliphatic rings. The zero-order chi connectivity index (χ0) is 23.1. The second-order valence-electron chi connectivity index (χ2n) is 10.1. The number of para-hydroxylation sites is 3. The molecule has 1 aliphatic carbocycles. The second-order valence-corrected chi connectivity index (χ2v) is 10.1. The van der Waals surface area contributed by atoms with Crippen molar-refractivity contribution >= 4 is 27.8 Å². The Labute approximate surface area is 199 Å². The number of nitrogens with one attached hydrogen (secondary N) is 1. The van der Waals surface area contributed by atoms with Crippen molar-refractivity contribution in [2.75, 3.05) is 13.1 Å². The number of fused-ring (bicyclic) bond motifs is 2. The third kappa shape index (κ3) is 3.75. The van der Waals surface area contributed by atoms with Gasteiger partial charge in [0.15, 0.2) is 0 Å². The van der Waals surface area contributed by atoms with Gasteiger partial charge in [-0.15, -0.1) is 0 Å². The molecule has 4 aromatic rings. The molecule has 2 aromatic heterocycles. The summed E-state index contributed by atoms with van der Waals surface area (Å²) in [7, 11) is 0. The molecule has 1 aliphatic heterocycles. The first kappa shape index (κ1) is 21.3. The number of aromatic amines is 1. The number of imidazole rings is 1. The summed E-state index contributed by atoms with van der Waals surface area (Å²) in [6.45, 7) is 2.33. The van der Waals surface area contributed by atoms with Crippen molar-refractivity contribution in [2.24, 2.45) is 5.92 Å². The SMILES string of the molecule is O=C(c1cn(CC2CCCCC2)c2ccccc12)N1CCC(n2c(=O)[nH]c3ccccc32)CC1. The molecule has 3 heterocycles. The molecule has 1 saturated heterocycles. The highest BCUT2D eigenvalue weighted by Gasteiger charge is 2.28. The van der Waals surface area contributed by atoms with Crippen molar-refractivity contribution < 1.29 is 4.79 Å². The number of rotatable bonds is 4. The molecule has 0 bridgehead atoms. The van der Waals surface area contributed by atoms with Crippen LogP contribution in [0.25, 0.3) is 21.9 Å². The van der Waals surface area contributed by atoms with Gasteiger partial charge >= 0.3 is 5.69 Å². The number of aromatic nitrogens is 3. The molecule has 0 spiro atoms. The van der Waals surface area contributed by atoms with Gasteiger partial charge in [-0.2, -0.15) is 0 Å². The smallest absolute Gasteiger partial charge is 0.326 e. The Morgan fingerprint density at radius 1 is 0.882 bits per heavy atom. The van der Waals surface area contributed by atoms with Gasteiger partial charge in [-0.05, 0) is 49.8 Å². The maximum Gasteiger partial charge on any atom is 0.326 e. The standard InChI is InChI=1S/C28H32N4O2/c33-27(23-19-31(18-20-8-2-1-3-9-20)25-12-6-4-10-22(23)25)30-16-14-21(15-17-30)32-26-13-7-5-11-24(26)29-28(32)34/h4-7,10-13,19-21H,1-3,8-9,14-18H2,(H,29,34). The minimum absolute atomic E-state index is 0.0586. The highest BCUT2D eigenvalue weighted by Crippen LogP contribution is 2.31. The fourth-order valence-electron chi connectivity index (χ4n) is 6.15. The highest BCUT2D eigenvalue weighted by atomic mass is 16.2. The van der Waals surface area contributed by atoms with Crippen molar-refractivity contribution in [3.05, 3.63) is 70.8 Å². The lowest BCUT2D eigenvalue weighted by atomic mass is 9.89. The lowest BCUT2D eigenvalue weighted by Gasteiger charge is -2.32. The molecule has 1 amide bonds. The van der Waals surface area contributed by atoms with Crippen molar-refractivity contribution in [1.29, 1.82) is 0 Å². The van der Waals surface area contributed by atoms with E-state index in [2.05, 4.69) is 33.9 Å². The fraction of sp³-hybridized carbons (Fsp3) is 0.429. The van der Waals surface area contributed by atoms with Gasteiger partial charge in [-0.1, -0.05) is 49.6 Å². The van der Waals surface area contributed by atoms with E-state index in [9.17, 15) is 9.59 Å². The minimum atomic E-state index is -0.0586. The first-order valence-corrected chi connectivity index (χ1v) is 12.8. The number of hydrogen-bond donors (Lipinski definition) is 1. The Kier molecular flexibility index (Phi) is 5.52. The average Bonchev–Trinajstić information content (AvgIpc) is 3.41. The van der Waals surface area contributed by atoms with Gasteiger partial charge < -0.3 is 14.5 Å². The predicted octanol–water partition coefficient (Wildman–Crippen LogP) is 5.34. The van der Waals surface area contributed by atoms with Crippen LogP contribution in [0.2, 0.25) is 0 Å². The fourth-order valence-corrected chi connectivity index (χ4v) is 6.15. The number of likely N-dealkylation sites (tertiary alicyclic amines) is 1. The molecule has 2 aromatic carbocycles. The van der Waals surface area contributed by atoms with Crippen molar-refractivity contribution in [3.8, 4) is 0 Å². The number of amides is 1. The Morgan fingerprint density at radius 2 is 1.59 bits per heavy atom. The molecule has 2 fully saturated rings. The molecule has 6 heteroatoms. The van der Waals surface area contributed by atoms with Crippen molar-refractivity contribution in [1.82, 2.24) is 19.0 Å². The van der Waals surface area contributed by atoms with E-state index in [0.29, 0.717) is 19.0 Å². The van der Waals surface area contributed by atoms with Crippen LogP contribution in [0.5, 0.6) is 0 Å². The van der Waals surface area contributed by atoms with Gasteiger partial charge in [0.2, 0.25) is 0 Å². The van der Waals surface area contributed by atoms with Crippen LogP contribution in [0.15, 0.2) is 59.5 Å². The number of piperidine rings is 1. The van der Waals surface area contributed by atoms with Gasteiger partial charge in [0.25, 0.3) is 5.91 Å². The number of carbonyl (C=O) groups is 1. The lowest BCUT2D eigenvalue weighted by molar-refractivity contribution is 0.0696. The maximum atomic E-state index is 13.6. The molecular weight excluding hydrogens is 424 g/mol. The summed E-state index contributed by atoms with van der Waals surface area (Å²) in [5.41, 5.74) is 3.74. The zero-order valence-electron chi connectivity index (χ0n) is 19.6. The maximum absolute atomic E-state index is 13.6. The molecule has 0 radical (unpaired) electrons. The third-order valence-corrected chi connectivity index (χ3v) is 7.94. The summed E-state index contributed by atoms with van der Waals surface area (Å²) in [5.74, 6) is 0.820. The topological polar surface area (TPSA) is 63.0 Å². The van der Waals surface area contributed by atoms with Crippen LogP contribution < -0.4 is 5.69 Å². The number of carbonyl (C=O) groups excluding carboxylic acids is 1. The molecule has 6 nitrogen and oxygen atoms in total. The second kappa shape index (κ2) is 8.82. The third-order valence-electron chi connectivity index (χ3n) is 7.94. The van der Waals surface area contributed by atoms with Crippen LogP contribution in [-0.2, 0) is 6.54 Å². The van der Waals surface area contributed by atoms with E-state index in [4.69, 9.17) is 0 Å². The number of benzene rings is 2. The van der Waals surface area contributed by atoms with Crippen LogP contribution in [0.3, 0.4) is 0 Å². The van der Waals surface area contributed by atoms with E-state index in [1.54, 1.807) is 0 Å².